The highest BCUT2D eigenvalue weighted by molar-refractivity contribution is 6.31. The lowest BCUT2D eigenvalue weighted by molar-refractivity contribution is 0.324. The molecule has 0 atom stereocenters. The zero-order valence-corrected chi connectivity index (χ0v) is 16.1. The Morgan fingerprint density at radius 1 is 0.960 bits per heavy atom. The SMILES string of the molecule is COc1cc(CC(Cl)=Cc2ccc(N(C)C)cc2)cc(OC)c1OC. The van der Waals surface area contributed by atoms with Crippen LogP contribution < -0.4 is 19.1 Å². The quantitative estimate of drug-likeness (QED) is 0.721. The van der Waals surface area contributed by atoms with E-state index in [1.807, 2.05) is 44.4 Å². The summed E-state index contributed by atoms with van der Waals surface area (Å²) in [6.07, 6.45) is 2.54. The van der Waals surface area contributed by atoms with E-state index in [4.69, 9.17) is 25.8 Å². The van der Waals surface area contributed by atoms with Crippen LogP contribution in [0.3, 0.4) is 0 Å². The summed E-state index contributed by atoms with van der Waals surface area (Å²) in [5, 5.41) is 0.729. The molecule has 0 spiro atoms. The van der Waals surface area contributed by atoms with Gasteiger partial charge in [-0.15, -0.1) is 0 Å². The first kappa shape index (κ1) is 19.0. The van der Waals surface area contributed by atoms with Gasteiger partial charge >= 0.3 is 0 Å². The third kappa shape index (κ3) is 4.83. The van der Waals surface area contributed by atoms with Gasteiger partial charge in [0.15, 0.2) is 11.5 Å². The van der Waals surface area contributed by atoms with Crippen molar-refractivity contribution in [3.63, 3.8) is 0 Å². The number of nitrogens with zero attached hydrogens (tertiary/aromatic N) is 1. The van der Waals surface area contributed by atoms with Crippen molar-refractivity contribution in [1.82, 2.24) is 0 Å². The second-order valence-electron chi connectivity index (χ2n) is 5.79. The van der Waals surface area contributed by atoms with Crippen molar-refractivity contribution in [3.8, 4) is 17.2 Å². The van der Waals surface area contributed by atoms with E-state index in [0.29, 0.717) is 23.7 Å². The van der Waals surface area contributed by atoms with E-state index in [2.05, 4.69) is 17.0 Å². The van der Waals surface area contributed by atoms with Gasteiger partial charge in [0, 0.05) is 31.2 Å². The summed E-state index contributed by atoms with van der Waals surface area (Å²) >= 11 is 6.45. The summed E-state index contributed by atoms with van der Waals surface area (Å²) in [7, 11) is 8.82. The summed E-state index contributed by atoms with van der Waals surface area (Å²) in [6.45, 7) is 0. The van der Waals surface area contributed by atoms with Crippen molar-refractivity contribution in [2.75, 3.05) is 40.3 Å². The lowest BCUT2D eigenvalue weighted by Crippen LogP contribution is -2.07. The van der Waals surface area contributed by atoms with Gasteiger partial charge in [0.05, 0.1) is 21.3 Å². The van der Waals surface area contributed by atoms with Gasteiger partial charge in [-0.05, 0) is 41.5 Å². The van der Waals surface area contributed by atoms with Crippen LogP contribution in [0.25, 0.3) is 6.08 Å². The second-order valence-corrected chi connectivity index (χ2v) is 6.27. The third-order valence-corrected chi connectivity index (χ3v) is 4.07. The van der Waals surface area contributed by atoms with Crippen molar-refractivity contribution in [1.29, 1.82) is 0 Å². The van der Waals surface area contributed by atoms with Crippen LogP contribution in [-0.2, 0) is 6.42 Å². The first-order valence-corrected chi connectivity index (χ1v) is 8.28. The Balaban J connectivity index is 2.23. The zero-order valence-electron chi connectivity index (χ0n) is 15.3. The summed E-state index contributed by atoms with van der Waals surface area (Å²) in [4.78, 5) is 2.06. The van der Waals surface area contributed by atoms with Crippen molar-refractivity contribution < 1.29 is 14.2 Å². The molecule has 2 rings (SSSR count). The van der Waals surface area contributed by atoms with E-state index in [1.165, 1.54) is 0 Å². The third-order valence-electron chi connectivity index (χ3n) is 3.83. The molecule has 2 aromatic rings. The van der Waals surface area contributed by atoms with Crippen LogP contribution in [0.2, 0.25) is 0 Å². The average molecular weight is 362 g/mol. The molecule has 4 nitrogen and oxygen atoms in total. The first-order valence-electron chi connectivity index (χ1n) is 7.90. The van der Waals surface area contributed by atoms with Crippen LogP contribution in [0.4, 0.5) is 5.69 Å². The number of hydrogen-bond acceptors (Lipinski definition) is 4. The maximum Gasteiger partial charge on any atom is 0.203 e. The fraction of sp³-hybridized carbons (Fsp3) is 0.300. The normalized spacial score (nSPS) is 11.2. The molecule has 2 aromatic carbocycles. The molecular weight excluding hydrogens is 338 g/mol. The molecular formula is C20H24ClNO3. The molecule has 0 radical (unpaired) electrons. The number of rotatable bonds is 7. The Kier molecular flexibility index (Phi) is 6.59. The minimum absolute atomic E-state index is 0.577. The van der Waals surface area contributed by atoms with Crippen LogP contribution >= 0.6 is 11.6 Å². The Hall–Kier alpha value is -2.33. The van der Waals surface area contributed by atoms with Crippen LogP contribution in [0.5, 0.6) is 17.2 Å². The van der Waals surface area contributed by atoms with E-state index in [0.717, 1.165) is 21.8 Å². The van der Waals surface area contributed by atoms with Crippen LogP contribution in [0, 0.1) is 0 Å². The van der Waals surface area contributed by atoms with Gasteiger partial charge in [-0.25, -0.2) is 0 Å². The fourth-order valence-corrected chi connectivity index (χ4v) is 2.81. The summed E-state index contributed by atoms with van der Waals surface area (Å²) in [5.74, 6) is 1.82. The monoisotopic (exact) mass is 361 g/mol. The summed E-state index contributed by atoms with van der Waals surface area (Å²) in [6, 6.07) is 12.0. The van der Waals surface area contributed by atoms with Gasteiger partial charge in [-0.3, -0.25) is 0 Å². The first-order chi connectivity index (χ1) is 12.0. The molecule has 0 aromatic heterocycles. The van der Waals surface area contributed by atoms with Gasteiger partial charge in [-0.1, -0.05) is 23.7 Å². The highest BCUT2D eigenvalue weighted by atomic mass is 35.5. The lowest BCUT2D eigenvalue weighted by Gasteiger charge is -2.14. The van der Waals surface area contributed by atoms with Gasteiger partial charge in [-0.2, -0.15) is 0 Å². The molecule has 0 saturated heterocycles. The zero-order chi connectivity index (χ0) is 18.4. The van der Waals surface area contributed by atoms with Crippen molar-refractivity contribution in [2.45, 2.75) is 6.42 Å². The molecule has 0 aliphatic carbocycles. The number of allylic oxidation sites excluding steroid dienone is 1. The predicted octanol–water partition coefficient (Wildman–Crippen LogP) is 4.60. The Labute approximate surface area is 154 Å². The van der Waals surface area contributed by atoms with E-state index < -0.39 is 0 Å². The van der Waals surface area contributed by atoms with Crippen molar-refractivity contribution >= 4 is 23.4 Å². The Morgan fingerprint density at radius 3 is 1.96 bits per heavy atom. The topological polar surface area (TPSA) is 30.9 Å². The molecule has 25 heavy (non-hydrogen) atoms. The molecule has 134 valence electrons. The molecule has 0 aliphatic rings. The minimum atomic E-state index is 0.577. The molecule has 5 heteroatoms. The molecule has 0 heterocycles. The molecule has 0 aliphatic heterocycles. The Bertz CT molecular complexity index is 714. The number of halogens is 1. The van der Waals surface area contributed by atoms with Crippen LogP contribution in [-0.4, -0.2) is 35.4 Å². The van der Waals surface area contributed by atoms with E-state index >= 15 is 0 Å². The molecule has 0 saturated carbocycles. The van der Waals surface area contributed by atoms with Gasteiger partial charge in [0.25, 0.3) is 0 Å². The summed E-state index contributed by atoms with van der Waals surface area (Å²) in [5.41, 5.74) is 3.20. The summed E-state index contributed by atoms with van der Waals surface area (Å²) < 4.78 is 16.1. The van der Waals surface area contributed by atoms with Gasteiger partial charge in [0.2, 0.25) is 5.75 Å². The number of benzene rings is 2. The number of methoxy groups -OCH3 is 3. The number of anilines is 1. The smallest absolute Gasteiger partial charge is 0.203 e. The maximum atomic E-state index is 6.45. The highest BCUT2D eigenvalue weighted by Crippen LogP contribution is 2.39. The van der Waals surface area contributed by atoms with Gasteiger partial charge in [0.1, 0.15) is 0 Å². The van der Waals surface area contributed by atoms with E-state index in [1.54, 1.807) is 21.3 Å². The fourth-order valence-electron chi connectivity index (χ4n) is 2.53. The predicted molar refractivity (Wildman–Crippen MR) is 104 cm³/mol. The van der Waals surface area contributed by atoms with Gasteiger partial charge < -0.3 is 19.1 Å². The van der Waals surface area contributed by atoms with Crippen molar-refractivity contribution in [3.05, 3.63) is 52.6 Å². The number of hydrogen-bond donors (Lipinski definition) is 0. The molecule has 0 N–H and O–H groups in total. The Morgan fingerprint density at radius 2 is 1.52 bits per heavy atom. The number of ether oxygens (including phenoxy) is 3. The largest absolute Gasteiger partial charge is 0.493 e. The van der Waals surface area contributed by atoms with Crippen LogP contribution in [0.15, 0.2) is 41.4 Å². The molecule has 0 unspecified atom stereocenters. The highest BCUT2D eigenvalue weighted by Gasteiger charge is 2.13. The standard InChI is InChI=1S/C20H24ClNO3/c1-22(2)17-8-6-14(7-9-17)10-16(21)11-15-12-18(23-3)20(25-5)19(13-15)24-4/h6-10,12-13H,11H2,1-5H3. The van der Waals surface area contributed by atoms with E-state index in [9.17, 15) is 0 Å². The second kappa shape index (κ2) is 8.67. The maximum absolute atomic E-state index is 6.45. The molecule has 0 bridgehead atoms. The molecule has 0 amide bonds. The lowest BCUT2D eigenvalue weighted by atomic mass is 10.1. The minimum Gasteiger partial charge on any atom is -0.493 e. The average Bonchev–Trinajstić information content (AvgIpc) is 2.61. The molecule has 0 fully saturated rings. The van der Waals surface area contributed by atoms with Crippen molar-refractivity contribution in [2.24, 2.45) is 0 Å². The van der Waals surface area contributed by atoms with Crippen LogP contribution in [0.1, 0.15) is 11.1 Å². The van der Waals surface area contributed by atoms with E-state index in [-0.39, 0.29) is 0 Å².